The molecule has 0 saturated heterocycles. The Hall–Kier alpha value is -1.45. The minimum atomic E-state index is -1.06. The summed E-state index contributed by atoms with van der Waals surface area (Å²) in [6, 6.07) is 0. The van der Waals surface area contributed by atoms with E-state index in [-0.39, 0.29) is 5.82 Å². The van der Waals surface area contributed by atoms with Crippen molar-refractivity contribution in [3.8, 4) is 0 Å². The minimum Gasteiger partial charge on any atom is -0.475 e. The summed E-state index contributed by atoms with van der Waals surface area (Å²) in [5, 5.41) is 8.71. The summed E-state index contributed by atoms with van der Waals surface area (Å²) >= 11 is 0. The van der Waals surface area contributed by atoms with E-state index in [0.717, 1.165) is 5.56 Å². The molecule has 0 unspecified atom stereocenters. The maximum absolute atomic E-state index is 10.6. The summed E-state index contributed by atoms with van der Waals surface area (Å²) < 4.78 is 0. The lowest BCUT2D eigenvalue weighted by molar-refractivity contribution is 0.0683. The Labute approximate surface area is 94.7 Å². The summed E-state index contributed by atoms with van der Waals surface area (Å²) in [6.07, 6.45) is 10.8. The first-order chi connectivity index (χ1) is 7.77. The van der Waals surface area contributed by atoms with Crippen LogP contribution in [0.25, 0.3) is 0 Å². The molecule has 16 heavy (non-hydrogen) atoms. The fraction of sp³-hybridized carbons (Fsp3) is 0.583. The Bertz CT molecular complexity index is 354. The van der Waals surface area contributed by atoms with Crippen LogP contribution in [0.2, 0.25) is 0 Å². The van der Waals surface area contributed by atoms with Crippen molar-refractivity contribution in [3.05, 3.63) is 23.8 Å². The predicted molar refractivity (Wildman–Crippen MR) is 59.4 cm³/mol. The normalized spacial score (nSPS) is 18.0. The van der Waals surface area contributed by atoms with Crippen LogP contribution in [-0.2, 0) is 0 Å². The monoisotopic (exact) mass is 220 g/mol. The highest BCUT2D eigenvalue weighted by atomic mass is 16.4. The number of nitrogens with zero attached hydrogens (tertiary/aromatic N) is 2. The van der Waals surface area contributed by atoms with Gasteiger partial charge in [0.05, 0.1) is 0 Å². The first-order valence-corrected chi connectivity index (χ1v) is 5.82. The molecule has 1 aliphatic rings. The second-order valence-electron chi connectivity index (χ2n) is 4.33. The summed E-state index contributed by atoms with van der Waals surface area (Å²) in [5.74, 6) is -0.657. The molecule has 0 bridgehead atoms. The zero-order chi connectivity index (χ0) is 11.4. The van der Waals surface area contributed by atoms with Crippen molar-refractivity contribution in [3.63, 3.8) is 0 Å². The molecular formula is C12H16N2O2. The molecule has 1 fully saturated rings. The van der Waals surface area contributed by atoms with Gasteiger partial charge in [0.2, 0.25) is 5.82 Å². The molecule has 1 heterocycles. The molecule has 0 atom stereocenters. The topological polar surface area (TPSA) is 63.1 Å². The third-order valence-electron chi connectivity index (χ3n) is 3.19. The van der Waals surface area contributed by atoms with E-state index < -0.39 is 5.97 Å². The molecule has 1 N–H and O–H groups in total. The first-order valence-electron chi connectivity index (χ1n) is 5.82. The number of rotatable bonds is 2. The van der Waals surface area contributed by atoms with Crippen LogP contribution in [0.15, 0.2) is 12.4 Å². The van der Waals surface area contributed by atoms with Gasteiger partial charge in [-0.25, -0.2) is 14.8 Å². The molecule has 86 valence electrons. The van der Waals surface area contributed by atoms with Gasteiger partial charge in [-0.05, 0) is 24.3 Å². The molecule has 1 aromatic rings. The van der Waals surface area contributed by atoms with E-state index in [9.17, 15) is 4.79 Å². The molecule has 0 radical (unpaired) electrons. The summed E-state index contributed by atoms with van der Waals surface area (Å²) in [5.41, 5.74) is 1.09. The number of carboxylic acid groups (broad SMARTS) is 1. The summed E-state index contributed by atoms with van der Waals surface area (Å²) in [6.45, 7) is 0. The van der Waals surface area contributed by atoms with Gasteiger partial charge in [0.25, 0.3) is 0 Å². The highest BCUT2D eigenvalue weighted by Crippen LogP contribution is 2.30. The quantitative estimate of drug-likeness (QED) is 0.778. The SMILES string of the molecule is O=C(O)c1ncc(C2CCCCCC2)cn1. The molecule has 0 aromatic carbocycles. The average molecular weight is 220 g/mol. The van der Waals surface area contributed by atoms with Gasteiger partial charge in [-0.1, -0.05) is 25.7 Å². The largest absolute Gasteiger partial charge is 0.475 e. The maximum Gasteiger partial charge on any atom is 0.373 e. The second-order valence-corrected chi connectivity index (χ2v) is 4.33. The third kappa shape index (κ3) is 2.56. The van der Waals surface area contributed by atoms with Crippen LogP contribution in [0.3, 0.4) is 0 Å². The number of carboxylic acids is 1. The molecular weight excluding hydrogens is 204 g/mol. The lowest BCUT2D eigenvalue weighted by atomic mass is 9.94. The number of carbonyl (C=O) groups is 1. The Balaban J connectivity index is 2.10. The van der Waals surface area contributed by atoms with Gasteiger partial charge in [0, 0.05) is 12.4 Å². The number of aromatic carboxylic acids is 1. The van der Waals surface area contributed by atoms with Crippen molar-refractivity contribution in [1.82, 2.24) is 9.97 Å². The Morgan fingerprint density at radius 3 is 2.19 bits per heavy atom. The van der Waals surface area contributed by atoms with Crippen molar-refractivity contribution in [2.45, 2.75) is 44.4 Å². The molecule has 0 aliphatic heterocycles. The molecule has 4 heteroatoms. The van der Waals surface area contributed by atoms with Gasteiger partial charge in [-0.3, -0.25) is 0 Å². The van der Waals surface area contributed by atoms with Crippen LogP contribution in [0.4, 0.5) is 0 Å². The highest BCUT2D eigenvalue weighted by Gasteiger charge is 2.16. The van der Waals surface area contributed by atoms with Gasteiger partial charge in [0.1, 0.15) is 0 Å². The fourth-order valence-corrected chi connectivity index (χ4v) is 2.27. The first kappa shape index (κ1) is 11.0. The van der Waals surface area contributed by atoms with E-state index in [1.807, 2.05) is 0 Å². The van der Waals surface area contributed by atoms with E-state index in [2.05, 4.69) is 9.97 Å². The molecule has 1 aliphatic carbocycles. The van der Waals surface area contributed by atoms with Crippen LogP contribution in [0.1, 0.15) is 60.6 Å². The molecule has 2 rings (SSSR count). The van der Waals surface area contributed by atoms with Gasteiger partial charge >= 0.3 is 5.97 Å². The van der Waals surface area contributed by atoms with Crippen LogP contribution in [0, 0.1) is 0 Å². The van der Waals surface area contributed by atoms with Crippen molar-refractivity contribution < 1.29 is 9.90 Å². The zero-order valence-electron chi connectivity index (χ0n) is 9.22. The van der Waals surface area contributed by atoms with E-state index in [0.29, 0.717) is 5.92 Å². The van der Waals surface area contributed by atoms with Gasteiger partial charge < -0.3 is 5.11 Å². The second kappa shape index (κ2) is 5.05. The Morgan fingerprint density at radius 2 is 1.69 bits per heavy atom. The molecule has 0 spiro atoms. The number of aromatic nitrogens is 2. The van der Waals surface area contributed by atoms with E-state index in [1.165, 1.54) is 38.5 Å². The van der Waals surface area contributed by atoms with E-state index >= 15 is 0 Å². The molecule has 0 amide bonds. The van der Waals surface area contributed by atoms with Crippen LogP contribution >= 0.6 is 0 Å². The molecule has 1 aromatic heterocycles. The number of hydrogen-bond acceptors (Lipinski definition) is 3. The van der Waals surface area contributed by atoms with Gasteiger partial charge in [-0.2, -0.15) is 0 Å². The Kier molecular flexibility index (Phi) is 3.49. The van der Waals surface area contributed by atoms with E-state index in [4.69, 9.17) is 5.11 Å². The van der Waals surface area contributed by atoms with Crippen molar-refractivity contribution >= 4 is 5.97 Å². The van der Waals surface area contributed by atoms with Crippen LogP contribution < -0.4 is 0 Å². The lowest BCUT2D eigenvalue weighted by Crippen LogP contribution is -2.06. The summed E-state index contributed by atoms with van der Waals surface area (Å²) in [4.78, 5) is 18.4. The molecule has 1 saturated carbocycles. The van der Waals surface area contributed by atoms with Crippen LogP contribution in [0.5, 0.6) is 0 Å². The minimum absolute atomic E-state index is 0.114. The standard InChI is InChI=1S/C12H16N2O2/c15-12(16)11-13-7-10(8-14-11)9-5-3-1-2-4-6-9/h7-9H,1-6H2,(H,15,16). The van der Waals surface area contributed by atoms with Crippen molar-refractivity contribution in [2.24, 2.45) is 0 Å². The lowest BCUT2D eigenvalue weighted by Gasteiger charge is -2.13. The van der Waals surface area contributed by atoms with Gasteiger partial charge in [0.15, 0.2) is 0 Å². The van der Waals surface area contributed by atoms with Crippen molar-refractivity contribution in [1.29, 1.82) is 0 Å². The fourth-order valence-electron chi connectivity index (χ4n) is 2.27. The van der Waals surface area contributed by atoms with Gasteiger partial charge in [-0.15, -0.1) is 0 Å². The highest BCUT2D eigenvalue weighted by molar-refractivity contribution is 5.82. The van der Waals surface area contributed by atoms with E-state index in [1.54, 1.807) is 12.4 Å². The summed E-state index contributed by atoms with van der Waals surface area (Å²) in [7, 11) is 0. The smallest absolute Gasteiger partial charge is 0.373 e. The number of hydrogen-bond donors (Lipinski definition) is 1. The third-order valence-corrected chi connectivity index (χ3v) is 3.19. The Morgan fingerprint density at radius 1 is 1.12 bits per heavy atom. The van der Waals surface area contributed by atoms with Crippen molar-refractivity contribution in [2.75, 3.05) is 0 Å². The average Bonchev–Trinajstić information content (AvgIpc) is 2.57. The maximum atomic E-state index is 10.6. The predicted octanol–water partition coefficient (Wildman–Crippen LogP) is 2.61. The zero-order valence-corrected chi connectivity index (χ0v) is 9.22. The molecule has 4 nitrogen and oxygen atoms in total. The van der Waals surface area contributed by atoms with Crippen LogP contribution in [-0.4, -0.2) is 21.0 Å².